The van der Waals surface area contributed by atoms with Gasteiger partial charge in [0.25, 0.3) is 5.91 Å². The molecule has 0 unspecified atom stereocenters. The maximum atomic E-state index is 12.0. The SMILES string of the molecule is Cl.O=C(NCC1CNC1)c1cnn(-c2cccc(Br)c2)c1. The van der Waals surface area contributed by atoms with E-state index in [-0.39, 0.29) is 18.3 Å². The summed E-state index contributed by atoms with van der Waals surface area (Å²) in [5, 5.41) is 10.4. The monoisotopic (exact) mass is 370 g/mol. The number of benzene rings is 1. The number of rotatable bonds is 4. The molecule has 1 amide bonds. The van der Waals surface area contributed by atoms with Gasteiger partial charge in [0.15, 0.2) is 0 Å². The summed E-state index contributed by atoms with van der Waals surface area (Å²) in [6.45, 7) is 2.68. The molecule has 1 aliphatic heterocycles. The van der Waals surface area contributed by atoms with E-state index in [2.05, 4.69) is 31.7 Å². The van der Waals surface area contributed by atoms with Crippen LogP contribution in [0.5, 0.6) is 0 Å². The lowest BCUT2D eigenvalue weighted by molar-refractivity contribution is 0.0942. The molecule has 21 heavy (non-hydrogen) atoms. The molecule has 1 aromatic carbocycles. The average Bonchev–Trinajstić information content (AvgIpc) is 2.86. The van der Waals surface area contributed by atoms with Crippen molar-refractivity contribution in [2.45, 2.75) is 0 Å². The first-order chi connectivity index (χ1) is 9.72. The predicted molar refractivity (Wildman–Crippen MR) is 87.2 cm³/mol. The highest BCUT2D eigenvalue weighted by Crippen LogP contribution is 2.15. The Morgan fingerprint density at radius 1 is 1.48 bits per heavy atom. The minimum atomic E-state index is -0.0712. The normalized spacial score (nSPS) is 14.1. The number of nitrogens with one attached hydrogen (secondary N) is 2. The molecule has 1 fully saturated rings. The summed E-state index contributed by atoms with van der Waals surface area (Å²) in [7, 11) is 0. The molecule has 0 saturated carbocycles. The van der Waals surface area contributed by atoms with Gasteiger partial charge >= 0.3 is 0 Å². The number of carbonyl (C=O) groups excluding carboxylic acids is 1. The van der Waals surface area contributed by atoms with Crippen molar-refractivity contribution in [2.24, 2.45) is 5.92 Å². The molecule has 2 heterocycles. The zero-order valence-electron chi connectivity index (χ0n) is 11.3. The lowest BCUT2D eigenvalue weighted by Crippen LogP contribution is -2.48. The summed E-state index contributed by atoms with van der Waals surface area (Å²) in [6.07, 6.45) is 3.34. The number of hydrogen-bond acceptors (Lipinski definition) is 3. The predicted octanol–water partition coefficient (Wildman–Crippen LogP) is 2.01. The molecule has 2 N–H and O–H groups in total. The molecule has 0 bridgehead atoms. The summed E-state index contributed by atoms with van der Waals surface area (Å²) < 4.78 is 2.68. The first kappa shape index (κ1) is 16.0. The van der Waals surface area contributed by atoms with E-state index in [1.165, 1.54) is 0 Å². The number of hydrogen-bond donors (Lipinski definition) is 2. The fourth-order valence-electron chi connectivity index (χ4n) is 2.03. The highest BCUT2D eigenvalue weighted by Gasteiger charge is 2.18. The summed E-state index contributed by atoms with van der Waals surface area (Å²) in [5.41, 5.74) is 1.50. The van der Waals surface area contributed by atoms with Crippen LogP contribution in [0, 0.1) is 5.92 Å². The van der Waals surface area contributed by atoms with Gasteiger partial charge in [-0.25, -0.2) is 4.68 Å². The highest BCUT2D eigenvalue weighted by molar-refractivity contribution is 9.10. The van der Waals surface area contributed by atoms with E-state index in [0.29, 0.717) is 18.0 Å². The zero-order chi connectivity index (χ0) is 13.9. The number of amides is 1. The molecule has 0 spiro atoms. The van der Waals surface area contributed by atoms with Crippen LogP contribution in [0.4, 0.5) is 0 Å². The molecule has 3 rings (SSSR count). The van der Waals surface area contributed by atoms with Crippen LogP contribution in [0.15, 0.2) is 41.1 Å². The maximum absolute atomic E-state index is 12.0. The molecule has 0 radical (unpaired) electrons. The Bertz CT molecular complexity index is 627. The fraction of sp³-hybridized carbons (Fsp3) is 0.286. The first-order valence-electron chi connectivity index (χ1n) is 6.52. The van der Waals surface area contributed by atoms with Crippen molar-refractivity contribution in [3.8, 4) is 5.69 Å². The Kier molecular flexibility index (Phi) is 5.39. The molecular weight excluding hydrogens is 356 g/mol. The van der Waals surface area contributed by atoms with Crippen molar-refractivity contribution < 1.29 is 4.79 Å². The van der Waals surface area contributed by atoms with Crippen molar-refractivity contribution in [2.75, 3.05) is 19.6 Å². The van der Waals surface area contributed by atoms with Crippen LogP contribution in [0.1, 0.15) is 10.4 Å². The van der Waals surface area contributed by atoms with Gasteiger partial charge in [-0.1, -0.05) is 22.0 Å². The van der Waals surface area contributed by atoms with Crippen molar-refractivity contribution >= 4 is 34.2 Å². The van der Waals surface area contributed by atoms with Crippen LogP contribution in [-0.2, 0) is 0 Å². The van der Waals surface area contributed by atoms with Crippen LogP contribution < -0.4 is 10.6 Å². The van der Waals surface area contributed by atoms with E-state index in [0.717, 1.165) is 23.2 Å². The fourth-order valence-corrected chi connectivity index (χ4v) is 2.42. The Morgan fingerprint density at radius 3 is 2.95 bits per heavy atom. The van der Waals surface area contributed by atoms with Crippen LogP contribution in [-0.4, -0.2) is 35.3 Å². The largest absolute Gasteiger partial charge is 0.352 e. The molecule has 5 nitrogen and oxygen atoms in total. The third kappa shape index (κ3) is 3.84. The van der Waals surface area contributed by atoms with Gasteiger partial charge in [-0.15, -0.1) is 12.4 Å². The second-order valence-corrected chi connectivity index (χ2v) is 5.80. The molecule has 1 aliphatic rings. The van der Waals surface area contributed by atoms with Crippen molar-refractivity contribution in [3.05, 3.63) is 46.7 Å². The average molecular weight is 372 g/mol. The Balaban J connectivity index is 0.00000161. The third-order valence-electron chi connectivity index (χ3n) is 3.33. The first-order valence-corrected chi connectivity index (χ1v) is 7.31. The van der Waals surface area contributed by atoms with E-state index in [1.807, 2.05) is 24.3 Å². The second kappa shape index (κ2) is 7.06. The van der Waals surface area contributed by atoms with Crippen LogP contribution in [0.25, 0.3) is 5.69 Å². The summed E-state index contributed by atoms with van der Waals surface area (Å²) >= 11 is 3.42. The van der Waals surface area contributed by atoms with Crippen LogP contribution in [0.2, 0.25) is 0 Å². The second-order valence-electron chi connectivity index (χ2n) is 4.89. The minimum Gasteiger partial charge on any atom is -0.352 e. The Morgan fingerprint density at radius 2 is 2.29 bits per heavy atom. The van der Waals surface area contributed by atoms with Crippen LogP contribution in [0.3, 0.4) is 0 Å². The van der Waals surface area contributed by atoms with E-state index < -0.39 is 0 Å². The van der Waals surface area contributed by atoms with E-state index in [4.69, 9.17) is 0 Å². The Labute approximate surface area is 137 Å². The van der Waals surface area contributed by atoms with Crippen molar-refractivity contribution in [1.82, 2.24) is 20.4 Å². The molecule has 0 atom stereocenters. The summed E-state index contributed by atoms with van der Waals surface area (Å²) in [4.78, 5) is 12.0. The molecule has 7 heteroatoms. The smallest absolute Gasteiger partial charge is 0.254 e. The maximum Gasteiger partial charge on any atom is 0.254 e. The zero-order valence-corrected chi connectivity index (χ0v) is 13.7. The lowest BCUT2D eigenvalue weighted by atomic mass is 10.0. The molecule has 112 valence electrons. The Hall–Kier alpha value is -1.37. The molecule has 1 aromatic heterocycles. The lowest BCUT2D eigenvalue weighted by Gasteiger charge is -2.26. The van der Waals surface area contributed by atoms with Gasteiger partial charge in [0.2, 0.25) is 0 Å². The summed E-state index contributed by atoms with van der Waals surface area (Å²) in [5.74, 6) is 0.484. The van der Waals surface area contributed by atoms with Gasteiger partial charge in [-0.3, -0.25) is 4.79 Å². The number of aromatic nitrogens is 2. The van der Waals surface area contributed by atoms with E-state index >= 15 is 0 Å². The number of halogens is 2. The van der Waals surface area contributed by atoms with Gasteiger partial charge in [-0.05, 0) is 18.2 Å². The number of carbonyl (C=O) groups is 1. The number of nitrogens with zero attached hydrogens (tertiary/aromatic N) is 2. The van der Waals surface area contributed by atoms with Gasteiger partial charge < -0.3 is 10.6 Å². The van der Waals surface area contributed by atoms with Gasteiger partial charge in [0.1, 0.15) is 0 Å². The molecule has 0 aliphatic carbocycles. The van der Waals surface area contributed by atoms with Crippen molar-refractivity contribution in [1.29, 1.82) is 0 Å². The minimum absolute atomic E-state index is 0. The van der Waals surface area contributed by atoms with Gasteiger partial charge in [0, 0.05) is 36.2 Å². The standard InChI is InChI=1S/C14H15BrN4O.ClH/c15-12-2-1-3-13(4-12)19-9-11(8-18-19)14(20)17-7-10-5-16-6-10;/h1-4,8-10,16H,5-7H2,(H,17,20);1H. The van der Waals surface area contributed by atoms with E-state index in [1.54, 1.807) is 17.1 Å². The molecule has 1 saturated heterocycles. The van der Waals surface area contributed by atoms with Crippen LogP contribution >= 0.6 is 28.3 Å². The van der Waals surface area contributed by atoms with Gasteiger partial charge in [-0.2, -0.15) is 5.10 Å². The molecular formula is C14H16BrClN4O. The third-order valence-corrected chi connectivity index (χ3v) is 3.83. The quantitative estimate of drug-likeness (QED) is 0.864. The highest BCUT2D eigenvalue weighted by atomic mass is 79.9. The summed E-state index contributed by atoms with van der Waals surface area (Å²) in [6, 6.07) is 7.78. The van der Waals surface area contributed by atoms with E-state index in [9.17, 15) is 4.79 Å². The molecule has 2 aromatic rings. The van der Waals surface area contributed by atoms with Gasteiger partial charge in [0.05, 0.1) is 17.4 Å². The van der Waals surface area contributed by atoms with Crippen molar-refractivity contribution in [3.63, 3.8) is 0 Å². The topological polar surface area (TPSA) is 59.0 Å².